The number of pyridine rings is 1. The lowest BCUT2D eigenvalue weighted by Crippen LogP contribution is -2.27. The molecule has 0 bridgehead atoms. The van der Waals surface area contributed by atoms with E-state index in [1.807, 2.05) is 0 Å². The van der Waals surface area contributed by atoms with E-state index < -0.39 is 23.5 Å². The minimum absolute atomic E-state index is 0.00868. The summed E-state index contributed by atoms with van der Waals surface area (Å²) in [5.41, 5.74) is 1.18. The van der Waals surface area contributed by atoms with Crippen LogP contribution in [0.2, 0.25) is 0 Å². The van der Waals surface area contributed by atoms with Crippen molar-refractivity contribution in [3.05, 3.63) is 53.1 Å². The minimum atomic E-state index is -2.49. The molecule has 34 heavy (non-hydrogen) atoms. The van der Waals surface area contributed by atoms with E-state index in [9.17, 15) is 13.2 Å². The molecule has 0 radical (unpaired) electrons. The molecule has 6 rings (SSSR count). The van der Waals surface area contributed by atoms with Gasteiger partial charge in [-0.2, -0.15) is 4.98 Å². The molecule has 4 aromatic rings. The van der Waals surface area contributed by atoms with E-state index in [4.69, 9.17) is 0 Å². The minimum Gasteiger partial charge on any atom is -0.324 e. The largest absolute Gasteiger partial charge is 0.324 e. The van der Waals surface area contributed by atoms with Gasteiger partial charge in [-0.3, -0.25) is 9.38 Å². The van der Waals surface area contributed by atoms with E-state index in [-0.39, 0.29) is 17.0 Å². The second kappa shape index (κ2) is 7.38. The highest BCUT2D eigenvalue weighted by Crippen LogP contribution is 2.50. The highest BCUT2D eigenvalue weighted by molar-refractivity contribution is 5.94. The van der Waals surface area contributed by atoms with Crippen LogP contribution in [-0.2, 0) is 6.42 Å². The molecular weight excluding hydrogens is 448 g/mol. The van der Waals surface area contributed by atoms with Crippen LogP contribution >= 0.6 is 0 Å². The van der Waals surface area contributed by atoms with Crippen molar-refractivity contribution in [2.75, 3.05) is 11.4 Å². The molecule has 0 atom stereocenters. The monoisotopic (exact) mass is 466 g/mol. The second-order valence-electron chi connectivity index (χ2n) is 8.72. The maximum Gasteiger partial charge on any atom is 0.257 e. The SMILES string of the molecule is Cc1nnc2nc(N3CCCc4c(C#CC5(C(F)F)CC5)cncc43)c3c(F)c(F)ccc3n12. The van der Waals surface area contributed by atoms with Crippen LogP contribution in [0.15, 0.2) is 24.5 Å². The molecule has 0 amide bonds. The van der Waals surface area contributed by atoms with Gasteiger partial charge in [-0.05, 0) is 50.3 Å². The van der Waals surface area contributed by atoms with Crippen LogP contribution in [0, 0.1) is 35.8 Å². The van der Waals surface area contributed by atoms with Gasteiger partial charge in [0.15, 0.2) is 11.6 Å². The van der Waals surface area contributed by atoms with Gasteiger partial charge in [0.25, 0.3) is 12.2 Å². The summed E-state index contributed by atoms with van der Waals surface area (Å²) in [5.74, 6) is 4.63. The average molecular weight is 466 g/mol. The van der Waals surface area contributed by atoms with Gasteiger partial charge in [-0.25, -0.2) is 17.6 Å². The van der Waals surface area contributed by atoms with Crippen molar-refractivity contribution >= 4 is 28.2 Å². The van der Waals surface area contributed by atoms with Crippen molar-refractivity contribution in [1.82, 2.24) is 24.6 Å². The van der Waals surface area contributed by atoms with E-state index in [1.54, 1.807) is 28.6 Å². The summed E-state index contributed by atoms with van der Waals surface area (Å²) in [6, 6.07) is 2.54. The van der Waals surface area contributed by atoms with Gasteiger partial charge < -0.3 is 4.90 Å². The number of aromatic nitrogens is 5. The Hall–Kier alpha value is -3.74. The molecule has 0 spiro atoms. The van der Waals surface area contributed by atoms with Crippen LogP contribution in [0.5, 0.6) is 0 Å². The van der Waals surface area contributed by atoms with Gasteiger partial charge in [0.05, 0.1) is 28.2 Å². The first kappa shape index (κ1) is 20.8. The summed E-state index contributed by atoms with van der Waals surface area (Å²) in [7, 11) is 0. The van der Waals surface area contributed by atoms with E-state index in [0.717, 1.165) is 11.6 Å². The molecular formula is C24H18F4N6. The maximum atomic E-state index is 15.2. The van der Waals surface area contributed by atoms with Crippen LogP contribution in [0.25, 0.3) is 16.7 Å². The van der Waals surface area contributed by atoms with Crippen LogP contribution in [0.4, 0.5) is 29.1 Å². The van der Waals surface area contributed by atoms with Gasteiger partial charge in [0.2, 0.25) is 0 Å². The number of halogens is 4. The summed E-state index contributed by atoms with van der Waals surface area (Å²) in [4.78, 5) is 10.6. The Bertz CT molecular complexity index is 1530. The topological polar surface area (TPSA) is 59.2 Å². The molecule has 3 aromatic heterocycles. The predicted molar refractivity (Wildman–Crippen MR) is 117 cm³/mol. The van der Waals surface area contributed by atoms with E-state index in [0.29, 0.717) is 54.8 Å². The normalized spacial score (nSPS) is 16.6. The van der Waals surface area contributed by atoms with Crippen LogP contribution in [0.1, 0.15) is 36.2 Å². The fourth-order valence-electron chi connectivity index (χ4n) is 4.55. The summed E-state index contributed by atoms with van der Waals surface area (Å²) in [6.07, 6.45) is 2.78. The molecule has 1 saturated carbocycles. The van der Waals surface area contributed by atoms with Crippen LogP contribution in [-0.4, -0.2) is 37.5 Å². The molecule has 0 N–H and O–H groups in total. The van der Waals surface area contributed by atoms with Crippen molar-refractivity contribution in [3.8, 4) is 11.8 Å². The van der Waals surface area contributed by atoms with Crippen molar-refractivity contribution in [1.29, 1.82) is 0 Å². The Morgan fingerprint density at radius 1 is 1.12 bits per heavy atom. The van der Waals surface area contributed by atoms with Crippen molar-refractivity contribution in [3.63, 3.8) is 0 Å². The van der Waals surface area contributed by atoms with Crippen molar-refractivity contribution in [2.24, 2.45) is 5.41 Å². The second-order valence-corrected chi connectivity index (χ2v) is 8.72. The van der Waals surface area contributed by atoms with Gasteiger partial charge in [0.1, 0.15) is 11.6 Å². The lowest BCUT2D eigenvalue weighted by Gasteiger charge is -2.31. The molecule has 10 heteroatoms. The first-order valence-corrected chi connectivity index (χ1v) is 10.9. The third-order valence-corrected chi connectivity index (χ3v) is 6.59. The van der Waals surface area contributed by atoms with Crippen molar-refractivity contribution in [2.45, 2.75) is 39.0 Å². The molecule has 1 aliphatic heterocycles. The van der Waals surface area contributed by atoms with Gasteiger partial charge >= 0.3 is 0 Å². The third-order valence-electron chi connectivity index (χ3n) is 6.59. The number of anilines is 2. The Morgan fingerprint density at radius 2 is 1.94 bits per heavy atom. The zero-order valence-electron chi connectivity index (χ0n) is 18.1. The Kier molecular flexibility index (Phi) is 4.52. The summed E-state index contributed by atoms with van der Waals surface area (Å²) in [5, 5.41) is 8.12. The predicted octanol–water partition coefficient (Wildman–Crippen LogP) is 4.74. The molecule has 0 unspecified atom stereocenters. The number of nitrogens with zero attached hydrogens (tertiary/aromatic N) is 6. The number of alkyl halides is 2. The molecule has 1 aliphatic carbocycles. The van der Waals surface area contributed by atoms with Gasteiger partial charge in [0, 0.05) is 18.3 Å². The highest BCUT2D eigenvalue weighted by atomic mass is 19.3. The molecule has 0 saturated heterocycles. The number of fused-ring (bicyclic) bond motifs is 4. The zero-order valence-corrected chi connectivity index (χ0v) is 18.1. The molecule has 6 nitrogen and oxygen atoms in total. The maximum absolute atomic E-state index is 15.2. The number of rotatable bonds is 2. The fourth-order valence-corrected chi connectivity index (χ4v) is 4.55. The first-order chi connectivity index (χ1) is 16.4. The van der Waals surface area contributed by atoms with Crippen LogP contribution < -0.4 is 4.90 Å². The third kappa shape index (κ3) is 3.03. The zero-order chi connectivity index (χ0) is 23.6. The molecule has 4 heterocycles. The number of hydrogen-bond acceptors (Lipinski definition) is 5. The number of hydrogen-bond donors (Lipinski definition) is 0. The lowest BCUT2D eigenvalue weighted by molar-refractivity contribution is 0.0921. The Morgan fingerprint density at radius 3 is 2.71 bits per heavy atom. The smallest absolute Gasteiger partial charge is 0.257 e. The number of benzene rings is 1. The van der Waals surface area contributed by atoms with Crippen molar-refractivity contribution < 1.29 is 17.6 Å². The Balaban J connectivity index is 1.55. The van der Waals surface area contributed by atoms with Crippen LogP contribution in [0.3, 0.4) is 0 Å². The van der Waals surface area contributed by atoms with Gasteiger partial charge in [-0.15, -0.1) is 10.2 Å². The Labute approximate surface area is 191 Å². The van der Waals surface area contributed by atoms with E-state index in [1.165, 1.54) is 6.07 Å². The average Bonchev–Trinajstić information content (AvgIpc) is 3.55. The highest BCUT2D eigenvalue weighted by Gasteiger charge is 2.50. The first-order valence-electron chi connectivity index (χ1n) is 10.9. The van der Waals surface area contributed by atoms with Gasteiger partial charge in [-0.1, -0.05) is 11.8 Å². The van der Waals surface area contributed by atoms with E-state index in [2.05, 4.69) is 32.0 Å². The molecule has 1 aromatic carbocycles. The summed E-state index contributed by atoms with van der Waals surface area (Å²) < 4.78 is 57.7. The number of aryl methyl sites for hydroxylation is 1. The lowest BCUT2D eigenvalue weighted by atomic mass is 9.97. The summed E-state index contributed by atoms with van der Waals surface area (Å²) in [6.45, 7) is 2.19. The standard InChI is InChI=1S/C24H18F4N6/c1-13-31-32-23-30-21(19-17(34(13)23)5-4-16(25)20(19)26)33-10-2-3-15-14(11-29-12-18(15)33)6-7-24(8-9-24)22(27)28/h4-5,11-12,22H,2-3,8-10H2,1H3. The quantitative estimate of drug-likeness (QED) is 0.316. The molecule has 2 aliphatic rings. The fraction of sp³-hybridized carbons (Fsp3) is 0.333. The molecule has 1 fully saturated rings. The van der Waals surface area contributed by atoms with E-state index >= 15 is 4.39 Å². The molecule has 172 valence electrons. The summed E-state index contributed by atoms with van der Waals surface area (Å²) >= 11 is 0.